The zero-order valence-corrected chi connectivity index (χ0v) is 10.5. The minimum absolute atomic E-state index is 0.225. The van der Waals surface area contributed by atoms with Crippen molar-refractivity contribution in [1.29, 1.82) is 0 Å². The van der Waals surface area contributed by atoms with Crippen molar-refractivity contribution in [3.05, 3.63) is 0 Å². The van der Waals surface area contributed by atoms with E-state index in [1.165, 1.54) is 6.92 Å². The highest BCUT2D eigenvalue weighted by Crippen LogP contribution is 2.05. The molecule has 0 fully saturated rings. The Morgan fingerprint density at radius 3 is 1.06 bits per heavy atom. The Morgan fingerprint density at radius 1 is 0.875 bits per heavy atom. The van der Waals surface area contributed by atoms with Crippen LogP contribution in [0, 0.1) is 0 Å². The molecule has 0 heterocycles. The normalized spacial score (nSPS) is 8.62. The first-order chi connectivity index (χ1) is 6.88. The lowest BCUT2D eigenvalue weighted by molar-refractivity contribution is -0.152. The molecule has 0 spiro atoms. The molecular formula is C10H20O6. The molecule has 0 aromatic carbocycles. The first kappa shape index (κ1) is 19.9. The lowest BCUT2D eigenvalue weighted by Crippen LogP contribution is -2.21. The number of rotatable bonds is 0. The summed E-state index contributed by atoms with van der Waals surface area (Å²) in [4.78, 5) is 28.2. The largest absolute Gasteiger partial charge is 0.481 e. The summed E-state index contributed by atoms with van der Waals surface area (Å²) in [6, 6.07) is 0. The van der Waals surface area contributed by atoms with E-state index in [1.54, 1.807) is 0 Å². The topological polar surface area (TPSA) is 101 Å². The van der Waals surface area contributed by atoms with Gasteiger partial charge in [-0.15, -0.1) is 0 Å². The van der Waals surface area contributed by atoms with Gasteiger partial charge in [0.15, 0.2) is 0 Å². The van der Waals surface area contributed by atoms with E-state index in [0.717, 1.165) is 13.8 Å². The van der Waals surface area contributed by atoms with Crippen molar-refractivity contribution in [3.63, 3.8) is 0 Å². The highest BCUT2D eigenvalue weighted by molar-refractivity contribution is 5.66. The zero-order valence-electron chi connectivity index (χ0n) is 10.5. The summed E-state index contributed by atoms with van der Waals surface area (Å²) in [6.07, 6.45) is 0. The van der Waals surface area contributed by atoms with Crippen LogP contribution in [0.5, 0.6) is 0 Å². The summed E-state index contributed by atoms with van der Waals surface area (Å²) in [5, 5.41) is 14.8. The molecule has 0 amide bonds. The van der Waals surface area contributed by atoms with Crippen LogP contribution >= 0.6 is 0 Å². The number of carboxylic acid groups (broad SMARTS) is 2. The lowest BCUT2D eigenvalue weighted by atomic mass is 10.2. The van der Waals surface area contributed by atoms with E-state index < -0.39 is 11.9 Å². The first-order valence-corrected chi connectivity index (χ1v) is 4.47. The van der Waals surface area contributed by atoms with E-state index in [4.69, 9.17) is 24.5 Å². The second kappa shape index (κ2) is 9.95. The third-order valence-corrected chi connectivity index (χ3v) is 0.450. The van der Waals surface area contributed by atoms with Gasteiger partial charge in [-0.3, -0.25) is 14.4 Å². The summed E-state index contributed by atoms with van der Waals surface area (Å²) in [5.41, 5.74) is -0.328. The van der Waals surface area contributed by atoms with E-state index >= 15 is 0 Å². The van der Waals surface area contributed by atoms with Gasteiger partial charge in [0, 0.05) is 20.8 Å². The number of carboxylic acids is 2. The predicted octanol–water partition coefficient (Wildman–Crippen LogP) is 1.53. The van der Waals surface area contributed by atoms with E-state index in [1.807, 2.05) is 20.8 Å². The molecule has 16 heavy (non-hydrogen) atoms. The monoisotopic (exact) mass is 236 g/mol. The maximum Gasteiger partial charge on any atom is 0.303 e. The van der Waals surface area contributed by atoms with Crippen LogP contribution in [-0.4, -0.2) is 33.7 Å². The van der Waals surface area contributed by atoms with Crippen molar-refractivity contribution in [1.82, 2.24) is 0 Å². The zero-order chi connectivity index (χ0) is 13.9. The number of ether oxygens (including phenoxy) is 1. The molecule has 0 aromatic heterocycles. The molecule has 0 aliphatic carbocycles. The quantitative estimate of drug-likeness (QED) is 0.618. The Hall–Kier alpha value is -1.59. The smallest absolute Gasteiger partial charge is 0.303 e. The van der Waals surface area contributed by atoms with Crippen molar-refractivity contribution >= 4 is 17.9 Å². The number of hydrogen-bond donors (Lipinski definition) is 2. The number of carbonyl (C=O) groups excluding carboxylic acids is 1. The third-order valence-electron chi connectivity index (χ3n) is 0.450. The Morgan fingerprint density at radius 2 is 1.06 bits per heavy atom. The standard InChI is InChI=1S/C6H12O2.2C2H4O2/c1-5(7)8-6(2,3)4;2*1-2(3)4/h1-4H3;2*1H3,(H,3,4). The van der Waals surface area contributed by atoms with Crippen LogP contribution in [-0.2, 0) is 19.1 Å². The van der Waals surface area contributed by atoms with Gasteiger partial charge in [0.25, 0.3) is 11.9 Å². The van der Waals surface area contributed by atoms with Crippen molar-refractivity contribution in [2.45, 2.75) is 47.1 Å². The van der Waals surface area contributed by atoms with Gasteiger partial charge in [-0.25, -0.2) is 0 Å². The van der Waals surface area contributed by atoms with Crippen LogP contribution in [0.2, 0.25) is 0 Å². The number of esters is 1. The second-order valence-corrected chi connectivity index (χ2v) is 3.74. The molecule has 0 bridgehead atoms. The minimum atomic E-state index is -0.833. The van der Waals surface area contributed by atoms with Crippen LogP contribution in [0.25, 0.3) is 0 Å². The van der Waals surface area contributed by atoms with Crippen LogP contribution in [0.1, 0.15) is 41.5 Å². The average Bonchev–Trinajstić information content (AvgIpc) is 1.74. The molecule has 96 valence electrons. The predicted molar refractivity (Wildman–Crippen MR) is 58.1 cm³/mol. The van der Waals surface area contributed by atoms with Crippen LogP contribution < -0.4 is 0 Å². The average molecular weight is 236 g/mol. The first-order valence-electron chi connectivity index (χ1n) is 4.47. The Labute approximate surface area is 95.2 Å². The maximum absolute atomic E-state index is 10.2. The fourth-order valence-electron chi connectivity index (χ4n) is 0.431. The fourth-order valence-corrected chi connectivity index (χ4v) is 0.431. The number of aliphatic carboxylic acids is 2. The van der Waals surface area contributed by atoms with Crippen molar-refractivity contribution in [3.8, 4) is 0 Å². The van der Waals surface area contributed by atoms with Crippen LogP contribution in [0.3, 0.4) is 0 Å². The van der Waals surface area contributed by atoms with Gasteiger partial charge in [-0.2, -0.15) is 0 Å². The van der Waals surface area contributed by atoms with E-state index in [0.29, 0.717) is 0 Å². The summed E-state index contributed by atoms with van der Waals surface area (Å²) in [7, 11) is 0. The minimum Gasteiger partial charge on any atom is -0.481 e. The molecule has 6 nitrogen and oxygen atoms in total. The Balaban J connectivity index is -0.000000179. The Kier molecular flexibility index (Phi) is 12.4. The van der Waals surface area contributed by atoms with Crippen molar-refractivity contribution < 1.29 is 29.3 Å². The van der Waals surface area contributed by atoms with Gasteiger partial charge < -0.3 is 14.9 Å². The summed E-state index contributed by atoms with van der Waals surface area (Å²) in [5.74, 6) is -1.89. The van der Waals surface area contributed by atoms with Crippen molar-refractivity contribution in [2.75, 3.05) is 0 Å². The van der Waals surface area contributed by atoms with Crippen LogP contribution in [0.15, 0.2) is 0 Å². The van der Waals surface area contributed by atoms with Crippen molar-refractivity contribution in [2.24, 2.45) is 0 Å². The lowest BCUT2D eigenvalue weighted by Gasteiger charge is -2.17. The highest BCUT2D eigenvalue weighted by Gasteiger charge is 2.11. The van der Waals surface area contributed by atoms with Gasteiger partial charge in [-0.05, 0) is 20.8 Å². The van der Waals surface area contributed by atoms with E-state index in [-0.39, 0.29) is 11.6 Å². The molecule has 0 aliphatic heterocycles. The van der Waals surface area contributed by atoms with Gasteiger partial charge >= 0.3 is 5.97 Å². The second-order valence-electron chi connectivity index (χ2n) is 3.74. The molecular weight excluding hydrogens is 216 g/mol. The maximum atomic E-state index is 10.2. The molecule has 0 rings (SSSR count). The molecule has 0 aromatic rings. The summed E-state index contributed by atoms with van der Waals surface area (Å²) < 4.78 is 4.80. The van der Waals surface area contributed by atoms with E-state index in [2.05, 4.69) is 0 Å². The van der Waals surface area contributed by atoms with Gasteiger partial charge in [0.2, 0.25) is 0 Å². The summed E-state index contributed by atoms with van der Waals surface area (Å²) in [6.45, 7) is 9.10. The molecule has 0 saturated heterocycles. The SMILES string of the molecule is CC(=O)O.CC(=O)O.CC(=O)OC(C)(C)C. The molecule has 0 radical (unpaired) electrons. The molecule has 2 N–H and O–H groups in total. The van der Waals surface area contributed by atoms with Gasteiger partial charge in [0.05, 0.1) is 0 Å². The van der Waals surface area contributed by atoms with E-state index in [9.17, 15) is 4.79 Å². The summed E-state index contributed by atoms with van der Waals surface area (Å²) >= 11 is 0. The molecule has 0 saturated carbocycles. The third kappa shape index (κ3) is 139. The highest BCUT2D eigenvalue weighted by atomic mass is 16.6. The van der Waals surface area contributed by atoms with Gasteiger partial charge in [0.1, 0.15) is 5.60 Å². The fraction of sp³-hybridized carbons (Fsp3) is 0.700. The Bertz CT molecular complexity index is 206. The molecule has 0 unspecified atom stereocenters. The molecule has 0 aliphatic rings. The number of hydrogen-bond acceptors (Lipinski definition) is 4. The molecule has 0 atom stereocenters. The molecule has 6 heteroatoms. The van der Waals surface area contributed by atoms with Crippen LogP contribution in [0.4, 0.5) is 0 Å². The van der Waals surface area contributed by atoms with Gasteiger partial charge in [-0.1, -0.05) is 0 Å². The number of carbonyl (C=O) groups is 3.